The SMILES string of the molecule is O=C(F)C(=O)F.[K+].[K+].[K+].[O-]B([O-])[O-]. The Morgan fingerprint density at radius 2 is 0.923 bits per heavy atom. The first-order valence-corrected chi connectivity index (χ1v) is 1.74. The van der Waals surface area contributed by atoms with Crippen LogP contribution in [0.2, 0.25) is 0 Å². The molecule has 0 amide bonds. The van der Waals surface area contributed by atoms with Crippen molar-refractivity contribution in [1.29, 1.82) is 0 Å². The molecule has 0 fully saturated rings. The van der Waals surface area contributed by atoms with E-state index < -0.39 is 19.4 Å². The predicted molar refractivity (Wildman–Crippen MR) is 18.0 cm³/mol. The average molecular weight is 270 g/mol. The molecule has 0 aromatic rings. The fraction of sp³-hybridized carbons (Fsp3) is 0. The van der Waals surface area contributed by atoms with E-state index in [4.69, 9.17) is 24.7 Å². The third-order valence-corrected chi connectivity index (χ3v) is 0.155. The van der Waals surface area contributed by atoms with E-state index in [1.807, 2.05) is 0 Å². The fourth-order valence-corrected chi connectivity index (χ4v) is 0. The van der Waals surface area contributed by atoms with Crippen LogP contribution in [0.25, 0.3) is 0 Å². The molecule has 0 aromatic heterocycles. The van der Waals surface area contributed by atoms with Crippen LogP contribution in [0.1, 0.15) is 0 Å². The maximum atomic E-state index is 10.5. The van der Waals surface area contributed by atoms with Gasteiger partial charge in [0.05, 0.1) is 0 Å². The minimum absolute atomic E-state index is 0. The molecular weight excluding hydrogens is 270 g/mol. The van der Waals surface area contributed by atoms with Crippen LogP contribution in [0, 0.1) is 0 Å². The number of hydrogen-bond acceptors (Lipinski definition) is 5. The number of rotatable bonds is 1. The zero-order chi connectivity index (χ0) is 8.73. The van der Waals surface area contributed by atoms with Gasteiger partial charge in [-0.05, 0) is 0 Å². The third-order valence-electron chi connectivity index (χ3n) is 0.155. The maximum Gasteiger partial charge on any atom is 1.00 e. The largest absolute Gasteiger partial charge is 1.00 e. The summed E-state index contributed by atoms with van der Waals surface area (Å²) in [7, 11) is -2.92. The Hall–Kier alpha value is 4.05. The van der Waals surface area contributed by atoms with Crippen molar-refractivity contribution in [3.8, 4) is 0 Å². The van der Waals surface area contributed by atoms with E-state index in [1.165, 1.54) is 0 Å². The van der Waals surface area contributed by atoms with Gasteiger partial charge in [0, 0.05) is 0 Å². The Balaban J connectivity index is -0.0000000279. The zero-order valence-electron chi connectivity index (χ0n) is 7.37. The molecule has 0 aliphatic heterocycles. The van der Waals surface area contributed by atoms with Gasteiger partial charge in [-0.3, -0.25) is 7.32 Å². The van der Waals surface area contributed by atoms with E-state index in [-0.39, 0.29) is 154 Å². The van der Waals surface area contributed by atoms with E-state index in [0.717, 1.165) is 0 Å². The van der Waals surface area contributed by atoms with Crippen LogP contribution in [-0.2, 0) is 9.59 Å². The van der Waals surface area contributed by atoms with E-state index in [1.54, 1.807) is 0 Å². The molecule has 0 aromatic carbocycles. The molecule has 0 saturated carbocycles. The van der Waals surface area contributed by atoms with Gasteiger partial charge >= 0.3 is 166 Å². The van der Waals surface area contributed by atoms with E-state index in [2.05, 4.69) is 0 Å². The van der Waals surface area contributed by atoms with Crippen LogP contribution in [0.4, 0.5) is 8.78 Å². The molecule has 5 nitrogen and oxygen atoms in total. The normalized spacial score (nSPS) is 5.62. The molecule has 0 radical (unpaired) electrons. The third kappa shape index (κ3) is 48.9. The summed E-state index contributed by atoms with van der Waals surface area (Å²) in [4.78, 5) is 17.5. The summed E-state index contributed by atoms with van der Waals surface area (Å²) in [5.41, 5.74) is 0. The van der Waals surface area contributed by atoms with Crippen molar-refractivity contribution in [2.24, 2.45) is 0 Å². The fourth-order valence-electron chi connectivity index (χ4n) is 0. The van der Waals surface area contributed by atoms with Gasteiger partial charge in [0.25, 0.3) is 0 Å². The van der Waals surface area contributed by atoms with Crippen LogP contribution in [0.5, 0.6) is 0 Å². The van der Waals surface area contributed by atoms with Crippen molar-refractivity contribution in [3.63, 3.8) is 0 Å². The van der Waals surface area contributed by atoms with Gasteiger partial charge < -0.3 is 15.1 Å². The molecule has 11 heteroatoms. The van der Waals surface area contributed by atoms with Crippen molar-refractivity contribution in [2.45, 2.75) is 0 Å². The van der Waals surface area contributed by atoms with Crippen molar-refractivity contribution < 1.29 is 188 Å². The van der Waals surface area contributed by atoms with Crippen LogP contribution in [0.3, 0.4) is 0 Å². The Morgan fingerprint density at radius 3 is 0.923 bits per heavy atom. The first kappa shape index (κ1) is 30.3. The smallest absolute Gasteiger partial charge is 0.907 e. The van der Waals surface area contributed by atoms with Crippen molar-refractivity contribution in [1.82, 2.24) is 0 Å². The van der Waals surface area contributed by atoms with Crippen LogP contribution in [-0.4, -0.2) is 19.4 Å². The summed E-state index contributed by atoms with van der Waals surface area (Å²) >= 11 is 0. The quantitative estimate of drug-likeness (QED) is 0.267. The minimum Gasteiger partial charge on any atom is -0.907 e. The summed E-state index contributed by atoms with van der Waals surface area (Å²) < 4.78 is 20.9. The molecular formula is C2BF2K3O5. The minimum atomic E-state index is -2.92. The second-order valence-corrected chi connectivity index (χ2v) is 0.836. The van der Waals surface area contributed by atoms with Crippen LogP contribution >= 0.6 is 0 Å². The summed E-state index contributed by atoms with van der Waals surface area (Å²) in [6.07, 6.45) is 0. The molecule has 0 spiro atoms. The van der Waals surface area contributed by atoms with Crippen LogP contribution < -0.4 is 169 Å². The Morgan fingerprint density at radius 1 is 0.846 bits per heavy atom. The van der Waals surface area contributed by atoms with Crippen molar-refractivity contribution in [2.75, 3.05) is 0 Å². The average Bonchev–Trinajstić information content (AvgIpc) is 1.63. The summed E-state index contributed by atoms with van der Waals surface area (Å²) in [5, 5.41) is 25.2. The molecule has 0 bridgehead atoms. The first-order chi connectivity index (χ1) is 4.37. The monoisotopic (exact) mass is 270 g/mol. The molecule has 0 aliphatic rings. The molecule has 0 heterocycles. The summed E-state index contributed by atoms with van der Waals surface area (Å²) in [6, 6.07) is -5.09. The summed E-state index contributed by atoms with van der Waals surface area (Å²) in [5.74, 6) is 0. The standard InChI is InChI=1S/C2F2O2.BO3.3K/c3-1(5)2(4)6;2-1(3)4;;;/q;-3;3*+1. The van der Waals surface area contributed by atoms with Crippen molar-refractivity contribution in [3.05, 3.63) is 0 Å². The molecule has 0 aliphatic carbocycles. The molecule has 0 N–H and O–H groups in total. The van der Waals surface area contributed by atoms with Gasteiger partial charge in [0.1, 0.15) is 0 Å². The number of carbonyl (C=O) groups excluding carboxylic acids is 2. The van der Waals surface area contributed by atoms with E-state index in [9.17, 15) is 8.78 Å². The molecule has 0 atom stereocenters. The van der Waals surface area contributed by atoms with Gasteiger partial charge in [-0.25, -0.2) is 9.59 Å². The van der Waals surface area contributed by atoms with Gasteiger partial charge in [-0.15, -0.1) is 0 Å². The van der Waals surface area contributed by atoms with Crippen LogP contribution in [0.15, 0.2) is 0 Å². The Bertz CT molecular complexity index is 120. The van der Waals surface area contributed by atoms with Gasteiger partial charge in [0.2, 0.25) is 0 Å². The maximum absolute atomic E-state index is 10.5. The molecule has 13 heavy (non-hydrogen) atoms. The molecule has 0 saturated heterocycles. The molecule has 0 unspecified atom stereocenters. The first-order valence-electron chi connectivity index (χ1n) is 1.74. The number of carbonyl (C=O) groups is 2. The van der Waals surface area contributed by atoms with Crippen molar-refractivity contribution >= 4 is 19.4 Å². The van der Waals surface area contributed by atoms with E-state index >= 15 is 0 Å². The van der Waals surface area contributed by atoms with Gasteiger partial charge in [-0.1, -0.05) is 0 Å². The van der Waals surface area contributed by atoms with Gasteiger partial charge in [-0.2, -0.15) is 8.78 Å². The Labute approximate surface area is 201 Å². The topological polar surface area (TPSA) is 103 Å². The van der Waals surface area contributed by atoms with E-state index in [0.29, 0.717) is 0 Å². The number of halogens is 2. The summed E-state index contributed by atoms with van der Waals surface area (Å²) in [6.45, 7) is 0. The Kier molecular flexibility index (Phi) is 49.7. The second-order valence-electron chi connectivity index (χ2n) is 0.836. The molecule has 58 valence electrons. The predicted octanol–water partition coefficient (Wildman–Crippen LogP) is -13.0. The second kappa shape index (κ2) is 21.4. The zero-order valence-corrected chi connectivity index (χ0v) is 16.7. The number of hydrogen-bond donors (Lipinski definition) is 0. The van der Waals surface area contributed by atoms with Gasteiger partial charge in [0.15, 0.2) is 0 Å². The molecule has 0 rings (SSSR count).